The van der Waals surface area contributed by atoms with Gasteiger partial charge in [-0.3, -0.25) is 0 Å². The zero-order chi connectivity index (χ0) is 18.8. The molecule has 0 spiro atoms. The number of benzene rings is 1. The Morgan fingerprint density at radius 2 is 1.65 bits per heavy atom. The van der Waals surface area contributed by atoms with E-state index in [-0.39, 0.29) is 5.92 Å². The first kappa shape index (κ1) is 19.7. The second kappa shape index (κ2) is 7.90. The maximum absolute atomic E-state index is 13.9. The summed E-state index contributed by atoms with van der Waals surface area (Å²) in [5.41, 5.74) is 0.0739. The quantitative estimate of drug-likeness (QED) is 0.473. The summed E-state index contributed by atoms with van der Waals surface area (Å²) in [6, 6.07) is 3.52. The van der Waals surface area contributed by atoms with Crippen molar-refractivity contribution in [2.45, 2.75) is 89.6 Å². The molecule has 2 fully saturated rings. The first-order chi connectivity index (χ1) is 12.4. The lowest BCUT2D eigenvalue weighted by Gasteiger charge is -2.47. The molecule has 1 aromatic rings. The van der Waals surface area contributed by atoms with Crippen LogP contribution in [0.15, 0.2) is 18.2 Å². The van der Waals surface area contributed by atoms with Crippen molar-refractivity contribution in [2.75, 3.05) is 0 Å². The number of halogens is 4. The van der Waals surface area contributed by atoms with Gasteiger partial charge in [0, 0.05) is 0 Å². The molecule has 146 valence electrons. The van der Waals surface area contributed by atoms with Crippen molar-refractivity contribution in [1.82, 2.24) is 0 Å². The van der Waals surface area contributed by atoms with E-state index in [0.29, 0.717) is 5.41 Å². The molecule has 3 rings (SSSR count). The van der Waals surface area contributed by atoms with E-state index >= 15 is 0 Å². The van der Waals surface area contributed by atoms with Gasteiger partial charge in [0.25, 0.3) is 0 Å². The van der Waals surface area contributed by atoms with Gasteiger partial charge in [0.15, 0.2) is 0 Å². The van der Waals surface area contributed by atoms with Crippen LogP contribution in [-0.2, 0) is 6.18 Å². The van der Waals surface area contributed by atoms with Crippen molar-refractivity contribution < 1.29 is 17.6 Å². The summed E-state index contributed by atoms with van der Waals surface area (Å²) in [5, 5.41) is 0. The Morgan fingerprint density at radius 3 is 2.19 bits per heavy atom. The van der Waals surface area contributed by atoms with Gasteiger partial charge < -0.3 is 0 Å². The molecule has 0 radical (unpaired) electrons. The molecule has 0 saturated heterocycles. The predicted molar refractivity (Wildman–Crippen MR) is 96.5 cm³/mol. The minimum atomic E-state index is -4.62. The third kappa shape index (κ3) is 4.09. The van der Waals surface area contributed by atoms with Gasteiger partial charge >= 0.3 is 6.18 Å². The monoisotopic (exact) mass is 370 g/mol. The molecule has 2 aliphatic rings. The lowest BCUT2D eigenvalue weighted by Crippen LogP contribution is -2.35. The maximum atomic E-state index is 13.9. The molecule has 2 aliphatic carbocycles. The fraction of sp³-hybridized carbons (Fsp3) is 0.727. The van der Waals surface area contributed by atoms with Crippen LogP contribution in [0.2, 0.25) is 0 Å². The Labute approximate surface area is 154 Å². The standard InChI is InChI=1S/C22H30F4/c1-2-12-21(13-4-3-5-14-21)18-9-6-16(7-10-18)17-8-11-19(20(23)15-17)22(24,25)26/h8,11,15-16,18H,2-7,9-10,12-14H2,1H3. The molecule has 0 bridgehead atoms. The number of alkyl halides is 3. The van der Waals surface area contributed by atoms with Crippen molar-refractivity contribution in [3.8, 4) is 0 Å². The van der Waals surface area contributed by atoms with E-state index in [4.69, 9.17) is 0 Å². The number of hydrogen-bond donors (Lipinski definition) is 0. The lowest BCUT2D eigenvalue weighted by atomic mass is 9.58. The molecule has 0 N–H and O–H groups in total. The normalized spacial score (nSPS) is 26.7. The summed E-state index contributed by atoms with van der Waals surface area (Å²) in [7, 11) is 0. The van der Waals surface area contributed by atoms with E-state index in [1.165, 1.54) is 51.0 Å². The maximum Gasteiger partial charge on any atom is 0.419 e. The van der Waals surface area contributed by atoms with Gasteiger partial charge in [-0.1, -0.05) is 38.7 Å². The van der Waals surface area contributed by atoms with Crippen LogP contribution in [0.4, 0.5) is 17.6 Å². The molecular formula is C22H30F4. The molecular weight excluding hydrogens is 340 g/mol. The molecule has 0 unspecified atom stereocenters. The van der Waals surface area contributed by atoms with E-state index in [0.717, 1.165) is 49.3 Å². The van der Waals surface area contributed by atoms with E-state index in [2.05, 4.69) is 6.92 Å². The largest absolute Gasteiger partial charge is 0.419 e. The first-order valence-corrected chi connectivity index (χ1v) is 10.2. The SMILES string of the molecule is CCCC1(C2CCC(c3ccc(C(F)(F)F)c(F)c3)CC2)CCCCC1. The third-order valence-corrected chi connectivity index (χ3v) is 6.96. The third-order valence-electron chi connectivity index (χ3n) is 6.96. The molecule has 4 heteroatoms. The first-order valence-electron chi connectivity index (χ1n) is 10.2. The second-order valence-electron chi connectivity index (χ2n) is 8.46. The predicted octanol–water partition coefficient (Wildman–Crippen LogP) is 7.87. The molecule has 0 nitrogen and oxygen atoms in total. The van der Waals surface area contributed by atoms with Crippen LogP contribution in [-0.4, -0.2) is 0 Å². The minimum Gasteiger partial charge on any atom is -0.206 e. The fourth-order valence-electron chi connectivity index (χ4n) is 5.67. The van der Waals surface area contributed by atoms with Gasteiger partial charge in [-0.05, 0) is 79.9 Å². The highest BCUT2D eigenvalue weighted by Gasteiger charge is 2.41. The Hall–Kier alpha value is -1.06. The van der Waals surface area contributed by atoms with E-state index in [9.17, 15) is 17.6 Å². The van der Waals surface area contributed by atoms with Crippen molar-refractivity contribution in [2.24, 2.45) is 11.3 Å². The van der Waals surface area contributed by atoms with Crippen LogP contribution in [0, 0.1) is 17.2 Å². The Kier molecular flexibility index (Phi) is 5.98. The highest BCUT2D eigenvalue weighted by molar-refractivity contribution is 5.29. The average Bonchev–Trinajstić information content (AvgIpc) is 2.62. The average molecular weight is 370 g/mol. The van der Waals surface area contributed by atoms with Crippen molar-refractivity contribution >= 4 is 0 Å². The Bertz CT molecular complexity index is 585. The zero-order valence-electron chi connectivity index (χ0n) is 15.7. The molecule has 1 aromatic carbocycles. The van der Waals surface area contributed by atoms with Gasteiger partial charge in [0.1, 0.15) is 5.82 Å². The molecule has 26 heavy (non-hydrogen) atoms. The van der Waals surface area contributed by atoms with Gasteiger partial charge in [-0.2, -0.15) is 13.2 Å². The topological polar surface area (TPSA) is 0 Å². The smallest absolute Gasteiger partial charge is 0.206 e. The van der Waals surface area contributed by atoms with Crippen LogP contribution >= 0.6 is 0 Å². The van der Waals surface area contributed by atoms with Crippen LogP contribution in [0.5, 0.6) is 0 Å². The highest BCUT2D eigenvalue weighted by Crippen LogP contribution is 2.53. The Balaban J connectivity index is 1.67. The van der Waals surface area contributed by atoms with Crippen molar-refractivity contribution in [1.29, 1.82) is 0 Å². The summed E-state index contributed by atoms with van der Waals surface area (Å²) in [6.07, 6.45) is 8.83. The lowest BCUT2D eigenvalue weighted by molar-refractivity contribution is -0.140. The second-order valence-corrected chi connectivity index (χ2v) is 8.46. The number of rotatable bonds is 4. The molecule has 0 heterocycles. The molecule has 0 amide bonds. The van der Waals surface area contributed by atoms with Crippen LogP contribution < -0.4 is 0 Å². The number of hydrogen-bond acceptors (Lipinski definition) is 0. The highest BCUT2D eigenvalue weighted by atomic mass is 19.4. The molecule has 0 aromatic heterocycles. The van der Waals surface area contributed by atoms with Crippen LogP contribution in [0.1, 0.15) is 94.6 Å². The minimum absolute atomic E-state index is 0.199. The summed E-state index contributed by atoms with van der Waals surface area (Å²) in [4.78, 5) is 0. The van der Waals surface area contributed by atoms with E-state index in [1.54, 1.807) is 0 Å². The summed E-state index contributed by atoms with van der Waals surface area (Å²) in [5.74, 6) is -0.199. The molecule has 2 saturated carbocycles. The van der Waals surface area contributed by atoms with Gasteiger partial charge in [0.05, 0.1) is 5.56 Å². The summed E-state index contributed by atoms with van der Waals surface area (Å²) >= 11 is 0. The Morgan fingerprint density at radius 1 is 1.00 bits per heavy atom. The van der Waals surface area contributed by atoms with E-state index < -0.39 is 17.6 Å². The van der Waals surface area contributed by atoms with Gasteiger partial charge in [0.2, 0.25) is 0 Å². The summed E-state index contributed by atoms with van der Waals surface area (Å²) in [6.45, 7) is 2.27. The fourth-order valence-corrected chi connectivity index (χ4v) is 5.67. The van der Waals surface area contributed by atoms with Crippen LogP contribution in [0.25, 0.3) is 0 Å². The van der Waals surface area contributed by atoms with Gasteiger partial charge in [-0.25, -0.2) is 4.39 Å². The molecule has 0 atom stereocenters. The van der Waals surface area contributed by atoms with Crippen molar-refractivity contribution in [3.05, 3.63) is 35.1 Å². The summed E-state index contributed by atoms with van der Waals surface area (Å²) < 4.78 is 52.2. The molecule has 0 aliphatic heterocycles. The zero-order valence-corrected chi connectivity index (χ0v) is 15.7. The van der Waals surface area contributed by atoms with Gasteiger partial charge in [-0.15, -0.1) is 0 Å². The van der Waals surface area contributed by atoms with Crippen molar-refractivity contribution in [3.63, 3.8) is 0 Å². The van der Waals surface area contributed by atoms with Crippen LogP contribution in [0.3, 0.4) is 0 Å². The van der Waals surface area contributed by atoms with E-state index in [1.807, 2.05) is 0 Å².